The Hall–Kier alpha value is -1.33. The number of thiazole rings is 1. The van der Waals surface area contributed by atoms with Crippen LogP contribution in [0.5, 0.6) is 5.75 Å². The maximum Gasteiger partial charge on any atom is 0.183 e. The molecule has 0 atom stereocenters. The van der Waals surface area contributed by atoms with Crippen molar-refractivity contribution in [3.05, 3.63) is 18.2 Å². The first-order valence-corrected chi connectivity index (χ1v) is 7.77. The van der Waals surface area contributed by atoms with Crippen molar-refractivity contribution in [3.63, 3.8) is 0 Å². The van der Waals surface area contributed by atoms with Crippen molar-refractivity contribution in [2.45, 2.75) is 20.3 Å². The second kappa shape index (κ2) is 7.45. The Balaban J connectivity index is 1.78. The summed E-state index contributed by atoms with van der Waals surface area (Å²) in [6.45, 7) is 6.83. The molecule has 2 aromatic rings. The van der Waals surface area contributed by atoms with Gasteiger partial charge in [-0.05, 0) is 30.5 Å². The van der Waals surface area contributed by atoms with Gasteiger partial charge in [0.2, 0.25) is 0 Å². The first-order valence-electron chi connectivity index (χ1n) is 6.95. The topological polar surface area (TPSA) is 43.4 Å². The molecule has 0 bridgehead atoms. The average molecular weight is 294 g/mol. The van der Waals surface area contributed by atoms with Crippen LogP contribution in [0.3, 0.4) is 0 Å². The summed E-state index contributed by atoms with van der Waals surface area (Å²) < 4.78 is 11.9. The van der Waals surface area contributed by atoms with E-state index in [1.165, 1.54) is 0 Å². The van der Waals surface area contributed by atoms with Crippen LogP contribution in [0.25, 0.3) is 10.2 Å². The van der Waals surface area contributed by atoms with Crippen molar-refractivity contribution in [2.75, 3.05) is 32.2 Å². The summed E-state index contributed by atoms with van der Waals surface area (Å²) in [5, 5.41) is 4.30. The van der Waals surface area contributed by atoms with Gasteiger partial charge < -0.3 is 14.8 Å². The van der Waals surface area contributed by atoms with Crippen molar-refractivity contribution in [1.82, 2.24) is 4.98 Å². The molecule has 4 nitrogen and oxygen atoms in total. The van der Waals surface area contributed by atoms with E-state index in [1.807, 2.05) is 18.2 Å². The van der Waals surface area contributed by atoms with E-state index >= 15 is 0 Å². The quantitative estimate of drug-likeness (QED) is 0.752. The molecular formula is C15H22N2O2S. The third-order valence-electron chi connectivity index (χ3n) is 2.79. The molecule has 1 aromatic carbocycles. The molecule has 1 heterocycles. The van der Waals surface area contributed by atoms with Gasteiger partial charge in [0.05, 0.1) is 17.3 Å². The fourth-order valence-corrected chi connectivity index (χ4v) is 2.72. The summed E-state index contributed by atoms with van der Waals surface area (Å²) in [5.41, 5.74) is 1.01. The van der Waals surface area contributed by atoms with Crippen LogP contribution in [0.1, 0.15) is 20.3 Å². The summed E-state index contributed by atoms with van der Waals surface area (Å²) in [5.74, 6) is 1.47. The number of nitrogens with one attached hydrogen (secondary N) is 1. The van der Waals surface area contributed by atoms with Gasteiger partial charge in [0, 0.05) is 19.8 Å². The van der Waals surface area contributed by atoms with Gasteiger partial charge in [0.1, 0.15) is 5.75 Å². The lowest BCUT2D eigenvalue weighted by Crippen LogP contribution is -2.08. The maximum atomic E-state index is 5.55. The van der Waals surface area contributed by atoms with Crippen LogP contribution >= 0.6 is 11.3 Å². The van der Waals surface area contributed by atoms with E-state index in [4.69, 9.17) is 9.47 Å². The predicted octanol–water partition coefficient (Wildman–Crippen LogP) is 3.78. The molecule has 5 heteroatoms. The molecule has 0 saturated heterocycles. The molecule has 0 unspecified atom stereocenters. The fraction of sp³-hybridized carbons (Fsp3) is 0.533. The first kappa shape index (κ1) is 15.1. The lowest BCUT2D eigenvalue weighted by Gasteiger charge is -2.06. The van der Waals surface area contributed by atoms with Gasteiger partial charge >= 0.3 is 0 Å². The Morgan fingerprint density at radius 1 is 1.35 bits per heavy atom. The molecule has 0 radical (unpaired) electrons. The highest BCUT2D eigenvalue weighted by Crippen LogP contribution is 2.28. The van der Waals surface area contributed by atoms with E-state index in [1.54, 1.807) is 18.4 Å². The Bertz CT molecular complexity index is 540. The number of aromatic nitrogens is 1. The van der Waals surface area contributed by atoms with Crippen LogP contribution in [0.2, 0.25) is 0 Å². The van der Waals surface area contributed by atoms with Gasteiger partial charge in [-0.2, -0.15) is 0 Å². The zero-order valence-corrected chi connectivity index (χ0v) is 13.1. The summed E-state index contributed by atoms with van der Waals surface area (Å²) >= 11 is 1.65. The van der Waals surface area contributed by atoms with E-state index in [2.05, 4.69) is 24.1 Å². The van der Waals surface area contributed by atoms with Crippen LogP contribution in [-0.2, 0) is 4.74 Å². The highest BCUT2D eigenvalue weighted by Gasteiger charge is 2.04. The Morgan fingerprint density at radius 2 is 2.20 bits per heavy atom. The lowest BCUT2D eigenvalue weighted by atomic mass is 10.2. The fourth-order valence-electron chi connectivity index (χ4n) is 1.80. The van der Waals surface area contributed by atoms with E-state index in [0.717, 1.165) is 47.3 Å². The van der Waals surface area contributed by atoms with Crippen LogP contribution in [0, 0.1) is 5.92 Å². The summed E-state index contributed by atoms with van der Waals surface area (Å²) in [6, 6.07) is 5.94. The summed E-state index contributed by atoms with van der Waals surface area (Å²) in [7, 11) is 1.68. The van der Waals surface area contributed by atoms with Crippen LogP contribution < -0.4 is 10.1 Å². The minimum Gasteiger partial charge on any atom is -0.497 e. The molecule has 110 valence electrons. The van der Waals surface area contributed by atoms with Crippen molar-refractivity contribution in [1.29, 1.82) is 0 Å². The zero-order valence-electron chi connectivity index (χ0n) is 12.3. The Labute approximate surface area is 124 Å². The molecule has 0 aliphatic rings. The van der Waals surface area contributed by atoms with E-state index in [9.17, 15) is 0 Å². The van der Waals surface area contributed by atoms with Crippen molar-refractivity contribution in [3.8, 4) is 5.75 Å². The average Bonchev–Trinajstić information content (AvgIpc) is 2.83. The molecule has 20 heavy (non-hydrogen) atoms. The Kier molecular flexibility index (Phi) is 5.61. The third kappa shape index (κ3) is 4.35. The predicted molar refractivity (Wildman–Crippen MR) is 84.9 cm³/mol. The first-order chi connectivity index (χ1) is 9.69. The molecule has 1 aromatic heterocycles. The second-order valence-corrected chi connectivity index (χ2v) is 6.13. The van der Waals surface area contributed by atoms with Crippen LogP contribution in [-0.4, -0.2) is 31.9 Å². The van der Waals surface area contributed by atoms with Gasteiger partial charge in [-0.1, -0.05) is 25.2 Å². The number of fused-ring (bicyclic) bond motifs is 1. The zero-order chi connectivity index (χ0) is 14.4. The van der Waals surface area contributed by atoms with Gasteiger partial charge in [0.25, 0.3) is 0 Å². The van der Waals surface area contributed by atoms with Gasteiger partial charge in [-0.15, -0.1) is 0 Å². The van der Waals surface area contributed by atoms with Crippen molar-refractivity contribution >= 4 is 26.7 Å². The molecule has 0 fully saturated rings. The lowest BCUT2D eigenvalue weighted by molar-refractivity contribution is 0.110. The van der Waals surface area contributed by atoms with E-state index in [-0.39, 0.29) is 0 Å². The van der Waals surface area contributed by atoms with E-state index in [0.29, 0.717) is 5.92 Å². The number of ether oxygens (including phenoxy) is 2. The molecular weight excluding hydrogens is 272 g/mol. The second-order valence-electron chi connectivity index (χ2n) is 5.10. The van der Waals surface area contributed by atoms with Gasteiger partial charge in [-0.25, -0.2) is 4.98 Å². The SMILES string of the molecule is COc1ccc2nc(NCCCOCC(C)C)sc2c1. The number of nitrogens with zero attached hydrogens (tertiary/aromatic N) is 1. The number of hydrogen-bond donors (Lipinski definition) is 1. The van der Waals surface area contributed by atoms with Gasteiger partial charge in [0.15, 0.2) is 5.13 Å². The minimum absolute atomic E-state index is 0.599. The number of hydrogen-bond acceptors (Lipinski definition) is 5. The normalized spacial score (nSPS) is 11.2. The van der Waals surface area contributed by atoms with E-state index < -0.39 is 0 Å². The summed E-state index contributed by atoms with van der Waals surface area (Å²) in [6.07, 6.45) is 0.992. The maximum absolute atomic E-state index is 5.55. The van der Waals surface area contributed by atoms with Crippen molar-refractivity contribution < 1.29 is 9.47 Å². The third-order valence-corrected chi connectivity index (χ3v) is 3.76. The largest absolute Gasteiger partial charge is 0.497 e. The number of anilines is 1. The highest BCUT2D eigenvalue weighted by molar-refractivity contribution is 7.22. The molecule has 1 N–H and O–H groups in total. The molecule has 2 rings (SSSR count). The smallest absolute Gasteiger partial charge is 0.183 e. The molecule has 0 aliphatic heterocycles. The molecule has 0 saturated carbocycles. The highest BCUT2D eigenvalue weighted by atomic mass is 32.1. The van der Waals surface area contributed by atoms with Crippen LogP contribution in [0.15, 0.2) is 18.2 Å². The minimum atomic E-state index is 0.599. The van der Waals surface area contributed by atoms with Gasteiger partial charge in [-0.3, -0.25) is 0 Å². The molecule has 0 aliphatic carbocycles. The number of rotatable bonds is 8. The standard InChI is InChI=1S/C15H22N2O2S/c1-11(2)10-19-8-4-7-16-15-17-13-6-5-12(18-3)9-14(13)20-15/h5-6,9,11H,4,7-8,10H2,1-3H3,(H,16,17). The number of benzene rings is 1. The molecule has 0 amide bonds. The number of methoxy groups -OCH3 is 1. The monoisotopic (exact) mass is 294 g/mol. The van der Waals surface area contributed by atoms with Crippen LogP contribution in [0.4, 0.5) is 5.13 Å². The molecule has 0 spiro atoms. The van der Waals surface area contributed by atoms with Crippen molar-refractivity contribution in [2.24, 2.45) is 5.92 Å². The Morgan fingerprint density at radius 3 is 2.95 bits per heavy atom. The summed E-state index contributed by atoms with van der Waals surface area (Å²) in [4.78, 5) is 4.55.